The first-order valence-corrected chi connectivity index (χ1v) is 4.83. The van der Waals surface area contributed by atoms with Gasteiger partial charge >= 0.3 is 0 Å². The number of aromatic nitrogens is 2. The molecule has 0 amide bonds. The molecule has 0 radical (unpaired) electrons. The van der Waals surface area contributed by atoms with E-state index in [0.717, 1.165) is 11.8 Å². The fourth-order valence-electron chi connectivity index (χ4n) is 1.40. The molecule has 2 aromatic rings. The minimum absolute atomic E-state index is 0. The van der Waals surface area contributed by atoms with E-state index in [1.54, 1.807) is 24.1 Å². The number of hydrogen-bond acceptors (Lipinski definition) is 2. The Hall–Kier alpha value is -1.62. The lowest BCUT2D eigenvalue weighted by molar-refractivity contribution is 0.558. The molecule has 17 heavy (non-hydrogen) atoms. The Morgan fingerprint density at radius 2 is 2.12 bits per heavy atom. The number of benzene rings is 1. The van der Waals surface area contributed by atoms with Gasteiger partial charge in [0.2, 0.25) is 0 Å². The molecule has 0 saturated carbocycles. The van der Waals surface area contributed by atoms with Crippen molar-refractivity contribution < 1.29 is 8.78 Å². The van der Waals surface area contributed by atoms with Gasteiger partial charge < -0.3 is 5.32 Å². The Morgan fingerprint density at radius 3 is 2.71 bits per heavy atom. The van der Waals surface area contributed by atoms with Gasteiger partial charge in [-0.3, -0.25) is 4.68 Å². The van der Waals surface area contributed by atoms with E-state index in [4.69, 9.17) is 0 Å². The van der Waals surface area contributed by atoms with Crippen LogP contribution in [0.2, 0.25) is 0 Å². The van der Waals surface area contributed by atoms with E-state index in [-0.39, 0.29) is 19.0 Å². The van der Waals surface area contributed by atoms with Crippen LogP contribution >= 0.6 is 12.4 Å². The lowest BCUT2D eigenvalue weighted by Crippen LogP contribution is -2.02. The molecule has 0 aliphatic rings. The minimum atomic E-state index is -0.572. The first-order chi connectivity index (χ1) is 7.69. The third-order valence-electron chi connectivity index (χ3n) is 2.27. The van der Waals surface area contributed by atoms with Gasteiger partial charge in [-0.1, -0.05) is 6.07 Å². The molecule has 0 bridgehead atoms. The second-order valence-corrected chi connectivity index (χ2v) is 3.41. The van der Waals surface area contributed by atoms with Gasteiger partial charge in [0.05, 0.1) is 18.4 Å². The first kappa shape index (κ1) is 13.4. The SMILES string of the molecule is CNc1cnn(Cc2ccc(F)cc2F)c1.Cl. The number of halogens is 3. The van der Waals surface area contributed by atoms with Crippen LogP contribution in [0.1, 0.15) is 5.56 Å². The zero-order valence-corrected chi connectivity index (χ0v) is 9.97. The van der Waals surface area contributed by atoms with Crippen molar-refractivity contribution in [2.24, 2.45) is 0 Å². The van der Waals surface area contributed by atoms with Crippen molar-refractivity contribution in [1.29, 1.82) is 0 Å². The second kappa shape index (κ2) is 5.63. The highest BCUT2D eigenvalue weighted by atomic mass is 35.5. The van der Waals surface area contributed by atoms with E-state index >= 15 is 0 Å². The zero-order valence-electron chi connectivity index (χ0n) is 9.15. The van der Waals surface area contributed by atoms with E-state index < -0.39 is 11.6 Å². The molecule has 2 rings (SSSR count). The third kappa shape index (κ3) is 3.17. The summed E-state index contributed by atoms with van der Waals surface area (Å²) in [6, 6.07) is 3.53. The average Bonchev–Trinajstić information content (AvgIpc) is 2.70. The topological polar surface area (TPSA) is 29.9 Å². The monoisotopic (exact) mass is 259 g/mol. The maximum atomic E-state index is 13.3. The van der Waals surface area contributed by atoms with Gasteiger partial charge in [-0.05, 0) is 6.07 Å². The van der Waals surface area contributed by atoms with Gasteiger partial charge in [0.1, 0.15) is 11.6 Å². The number of rotatable bonds is 3. The van der Waals surface area contributed by atoms with Crippen LogP contribution in [0.3, 0.4) is 0 Å². The van der Waals surface area contributed by atoms with Gasteiger partial charge in [0.25, 0.3) is 0 Å². The molecule has 92 valence electrons. The highest BCUT2D eigenvalue weighted by molar-refractivity contribution is 5.85. The minimum Gasteiger partial charge on any atom is -0.386 e. The van der Waals surface area contributed by atoms with Crippen molar-refractivity contribution >= 4 is 18.1 Å². The average molecular weight is 260 g/mol. The number of hydrogen-bond donors (Lipinski definition) is 1. The van der Waals surface area contributed by atoms with Gasteiger partial charge in [0.15, 0.2) is 0 Å². The molecular weight excluding hydrogens is 248 g/mol. The molecule has 0 spiro atoms. The van der Waals surface area contributed by atoms with Crippen molar-refractivity contribution in [2.75, 3.05) is 12.4 Å². The summed E-state index contributed by atoms with van der Waals surface area (Å²) in [7, 11) is 1.78. The van der Waals surface area contributed by atoms with Crippen LogP contribution in [0.15, 0.2) is 30.6 Å². The molecule has 0 aliphatic carbocycles. The Bertz CT molecular complexity index is 499. The maximum absolute atomic E-state index is 13.3. The second-order valence-electron chi connectivity index (χ2n) is 3.41. The Labute approximate surface area is 104 Å². The summed E-state index contributed by atoms with van der Waals surface area (Å²) in [5, 5.41) is 6.96. The predicted octanol–water partition coefficient (Wildman–Crippen LogP) is 2.67. The number of nitrogens with one attached hydrogen (secondary N) is 1. The summed E-state index contributed by atoms with van der Waals surface area (Å²) >= 11 is 0. The number of nitrogens with zero attached hydrogens (tertiary/aromatic N) is 2. The molecule has 0 unspecified atom stereocenters. The van der Waals surface area contributed by atoms with Crippen molar-refractivity contribution in [1.82, 2.24) is 9.78 Å². The Kier molecular flexibility index (Phi) is 4.45. The van der Waals surface area contributed by atoms with Crippen LogP contribution in [0.25, 0.3) is 0 Å². The molecule has 1 aromatic carbocycles. The van der Waals surface area contributed by atoms with E-state index in [2.05, 4.69) is 10.4 Å². The van der Waals surface area contributed by atoms with Crippen LogP contribution in [0, 0.1) is 11.6 Å². The molecule has 0 saturated heterocycles. The van der Waals surface area contributed by atoms with E-state index in [1.807, 2.05) is 0 Å². The summed E-state index contributed by atoms with van der Waals surface area (Å²) in [5.74, 6) is -1.13. The van der Waals surface area contributed by atoms with E-state index in [0.29, 0.717) is 5.56 Å². The van der Waals surface area contributed by atoms with E-state index in [1.165, 1.54) is 12.1 Å². The molecule has 0 aliphatic heterocycles. The summed E-state index contributed by atoms with van der Waals surface area (Å²) in [6.45, 7) is 0.286. The van der Waals surface area contributed by atoms with Crippen molar-refractivity contribution in [3.63, 3.8) is 0 Å². The maximum Gasteiger partial charge on any atom is 0.131 e. The predicted molar refractivity (Wildman–Crippen MR) is 64.5 cm³/mol. The standard InChI is InChI=1S/C11H11F2N3.ClH/c1-14-10-5-15-16(7-10)6-8-2-3-9(12)4-11(8)13;/h2-5,7,14H,6H2,1H3;1H. The summed E-state index contributed by atoms with van der Waals surface area (Å²) in [4.78, 5) is 0. The largest absolute Gasteiger partial charge is 0.386 e. The zero-order chi connectivity index (χ0) is 11.5. The molecule has 0 atom stereocenters. The van der Waals surface area contributed by atoms with Crippen molar-refractivity contribution in [2.45, 2.75) is 6.54 Å². The van der Waals surface area contributed by atoms with Crippen LogP contribution in [-0.2, 0) is 6.54 Å². The first-order valence-electron chi connectivity index (χ1n) is 4.83. The molecular formula is C11H12ClF2N3. The van der Waals surface area contributed by atoms with Crippen LogP contribution in [0.5, 0.6) is 0 Å². The van der Waals surface area contributed by atoms with Gasteiger partial charge in [-0.25, -0.2) is 8.78 Å². The normalized spacial score (nSPS) is 9.82. The highest BCUT2D eigenvalue weighted by Gasteiger charge is 2.05. The summed E-state index contributed by atoms with van der Waals surface area (Å²) < 4.78 is 27.6. The number of anilines is 1. The Morgan fingerprint density at radius 1 is 1.35 bits per heavy atom. The quantitative estimate of drug-likeness (QED) is 0.918. The van der Waals surface area contributed by atoms with Gasteiger partial charge in [-0.2, -0.15) is 5.10 Å². The molecule has 1 N–H and O–H groups in total. The van der Waals surface area contributed by atoms with E-state index in [9.17, 15) is 8.78 Å². The highest BCUT2D eigenvalue weighted by Crippen LogP contribution is 2.12. The van der Waals surface area contributed by atoms with Gasteiger partial charge in [-0.15, -0.1) is 12.4 Å². The van der Waals surface area contributed by atoms with Crippen molar-refractivity contribution in [3.8, 4) is 0 Å². The Balaban J connectivity index is 0.00000144. The molecule has 1 aromatic heterocycles. The lowest BCUT2D eigenvalue weighted by Gasteiger charge is -2.03. The summed E-state index contributed by atoms with van der Waals surface area (Å²) in [6.07, 6.45) is 3.39. The van der Waals surface area contributed by atoms with Crippen LogP contribution in [-0.4, -0.2) is 16.8 Å². The fraction of sp³-hybridized carbons (Fsp3) is 0.182. The molecule has 3 nitrogen and oxygen atoms in total. The molecule has 0 fully saturated rings. The fourth-order valence-corrected chi connectivity index (χ4v) is 1.40. The van der Waals surface area contributed by atoms with Gasteiger partial charge in [0, 0.05) is 24.9 Å². The van der Waals surface area contributed by atoms with Crippen LogP contribution in [0.4, 0.5) is 14.5 Å². The summed E-state index contributed by atoms with van der Waals surface area (Å²) in [5.41, 5.74) is 1.26. The molecule has 1 heterocycles. The van der Waals surface area contributed by atoms with Crippen molar-refractivity contribution in [3.05, 3.63) is 47.8 Å². The lowest BCUT2D eigenvalue weighted by atomic mass is 10.2. The smallest absolute Gasteiger partial charge is 0.131 e. The third-order valence-corrected chi connectivity index (χ3v) is 2.27. The molecule has 6 heteroatoms. The van der Waals surface area contributed by atoms with Crippen LogP contribution < -0.4 is 5.32 Å².